The van der Waals surface area contributed by atoms with Gasteiger partial charge >= 0.3 is 11.9 Å². The summed E-state index contributed by atoms with van der Waals surface area (Å²) >= 11 is 0. The SMILES string of the molecule is COC(=O)c1ccc(/C=C/C(=O)OC(C)C(=O)Nc2ccc3c(c2)C(=O)c2ccccc2C3=O)cc1. The third kappa shape index (κ3) is 4.97. The number of ketones is 2. The molecule has 0 spiro atoms. The van der Waals surface area contributed by atoms with Gasteiger partial charge in [0.2, 0.25) is 0 Å². The Morgan fingerprint density at radius 3 is 2.08 bits per heavy atom. The van der Waals surface area contributed by atoms with Crippen LogP contribution in [0.1, 0.15) is 54.7 Å². The van der Waals surface area contributed by atoms with Crippen LogP contribution in [0.5, 0.6) is 0 Å². The van der Waals surface area contributed by atoms with Crippen molar-refractivity contribution in [3.05, 3.63) is 106 Å². The van der Waals surface area contributed by atoms with E-state index in [4.69, 9.17) is 4.74 Å². The molecule has 0 aromatic heterocycles. The van der Waals surface area contributed by atoms with Crippen molar-refractivity contribution in [2.45, 2.75) is 13.0 Å². The molecule has 0 heterocycles. The third-order valence-electron chi connectivity index (χ3n) is 5.60. The van der Waals surface area contributed by atoms with Gasteiger partial charge in [-0.1, -0.05) is 36.4 Å². The molecule has 0 bridgehead atoms. The maximum atomic E-state index is 12.9. The first-order valence-electron chi connectivity index (χ1n) is 11.0. The summed E-state index contributed by atoms with van der Waals surface area (Å²) in [6.45, 7) is 1.41. The van der Waals surface area contributed by atoms with Gasteiger partial charge in [0.25, 0.3) is 5.91 Å². The summed E-state index contributed by atoms with van der Waals surface area (Å²) in [5.41, 5.74) is 2.44. The number of amides is 1. The van der Waals surface area contributed by atoms with E-state index in [0.717, 1.165) is 6.08 Å². The standard InChI is InChI=1S/C28H21NO7/c1-16(36-24(30)14-9-17-7-10-18(11-8-17)28(34)35-2)27(33)29-19-12-13-22-23(15-19)26(32)21-6-4-3-5-20(21)25(22)31/h3-16H,1-2H3,(H,29,33)/b14-9+. The second-order valence-electron chi connectivity index (χ2n) is 7.98. The van der Waals surface area contributed by atoms with Crippen molar-refractivity contribution in [3.63, 3.8) is 0 Å². The number of methoxy groups -OCH3 is 1. The Hall–Kier alpha value is -4.85. The van der Waals surface area contributed by atoms with Crippen LogP contribution in [-0.2, 0) is 19.1 Å². The first kappa shape index (κ1) is 24.3. The molecule has 1 unspecified atom stereocenters. The second kappa shape index (κ2) is 10.2. The number of hydrogen-bond donors (Lipinski definition) is 1. The number of carbonyl (C=O) groups excluding carboxylic acids is 5. The quantitative estimate of drug-likeness (QED) is 0.327. The van der Waals surface area contributed by atoms with E-state index < -0.39 is 23.9 Å². The lowest BCUT2D eigenvalue weighted by Crippen LogP contribution is -2.29. The highest BCUT2D eigenvalue weighted by Gasteiger charge is 2.29. The fourth-order valence-electron chi connectivity index (χ4n) is 3.70. The van der Waals surface area contributed by atoms with E-state index in [1.807, 2.05) is 0 Å². The summed E-state index contributed by atoms with van der Waals surface area (Å²) in [4.78, 5) is 61.8. The molecule has 1 aliphatic rings. The van der Waals surface area contributed by atoms with Gasteiger partial charge in [-0.3, -0.25) is 14.4 Å². The lowest BCUT2D eigenvalue weighted by Gasteiger charge is -2.18. The van der Waals surface area contributed by atoms with Gasteiger partial charge in [0.15, 0.2) is 17.7 Å². The van der Waals surface area contributed by atoms with E-state index in [9.17, 15) is 24.0 Å². The first-order chi connectivity index (χ1) is 17.3. The molecule has 3 aromatic carbocycles. The molecule has 1 aliphatic carbocycles. The van der Waals surface area contributed by atoms with Crippen molar-refractivity contribution >= 4 is 41.2 Å². The number of rotatable bonds is 6. The minimum atomic E-state index is -1.13. The topological polar surface area (TPSA) is 116 Å². The molecule has 3 aromatic rings. The number of ether oxygens (including phenoxy) is 2. The zero-order valence-corrected chi connectivity index (χ0v) is 19.4. The maximum absolute atomic E-state index is 12.9. The van der Waals surface area contributed by atoms with Crippen LogP contribution in [0.3, 0.4) is 0 Å². The molecule has 1 N–H and O–H groups in total. The molecular formula is C28H21NO7. The van der Waals surface area contributed by atoms with Crippen LogP contribution in [0.15, 0.2) is 72.8 Å². The Morgan fingerprint density at radius 1 is 0.833 bits per heavy atom. The molecule has 4 rings (SSSR count). The summed E-state index contributed by atoms with van der Waals surface area (Å²) < 4.78 is 9.78. The van der Waals surface area contributed by atoms with Gasteiger partial charge in [-0.25, -0.2) is 9.59 Å². The van der Waals surface area contributed by atoms with Crippen LogP contribution in [0.25, 0.3) is 6.08 Å². The minimum Gasteiger partial charge on any atom is -0.465 e. The summed E-state index contributed by atoms with van der Waals surface area (Å²) in [5, 5.41) is 2.61. The van der Waals surface area contributed by atoms with Gasteiger partial charge in [-0.15, -0.1) is 0 Å². The summed E-state index contributed by atoms with van der Waals surface area (Å²) in [5.74, 6) is -2.37. The second-order valence-corrected chi connectivity index (χ2v) is 7.98. The molecule has 8 heteroatoms. The Labute approximate surface area is 206 Å². The number of fused-ring (bicyclic) bond motifs is 2. The van der Waals surface area contributed by atoms with Crippen LogP contribution in [0.4, 0.5) is 5.69 Å². The van der Waals surface area contributed by atoms with Crippen molar-refractivity contribution in [2.24, 2.45) is 0 Å². The average molecular weight is 483 g/mol. The highest BCUT2D eigenvalue weighted by molar-refractivity contribution is 6.28. The molecule has 0 saturated carbocycles. The van der Waals surface area contributed by atoms with Crippen molar-refractivity contribution < 1.29 is 33.4 Å². The van der Waals surface area contributed by atoms with Crippen LogP contribution in [0, 0.1) is 0 Å². The lowest BCUT2D eigenvalue weighted by molar-refractivity contribution is -0.148. The maximum Gasteiger partial charge on any atom is 0.337 e. The molecule has 1 amide bonds. The fraction of sp³-hybridized carbons (Fsp3) is 0.107. The van der Waals surface area contributed by atoms with Crippen molar-refractivity contribution in [1.82, 2.24) is 0 Å². The zero-order valence-electron chi connectivity index (χ0n) is 19.4. The van der Waals surface area contributed by atoms with Crippen molar-refractivity contribution in [3.8, 4) is 0 Å². The molecule has 0 saturated heterocycles. The minimum absolute atomic E-state index is 0.197. The van der Waals surface area contributed by atoms with E-state index in [2.05, 4.69) is 10.1 Å². The van der Waals surface area contributed by atoms with Crippen LogP contribution >= 0.6 is 0 Å². The van der Waals surface area contributed by atoms with Crippen LogP contribution < -0.4 is 5.32 Å². The van der Waals surface area contributed by atoms with Crippen molar-refractivity contribution in [1.29, 1.82) is 0 Å². The first-order valence-corrected chi connectivity index (χ1v) is 11.0. The average Bonchev–Trinajstić information content (AvgIpc) is 2.90. The third-order valence-corrected chi connectivity index (χ3v) is 5.60. The molecule has 8 nitrogen and oxygen atoms in total. The Morgan fingerprint density at radius 2 is 1.44 bits per heavy atom. The molecular weight excluding hydrogens is 462 g/mol. The number of carbonyl (C=O) groups is 5. The monoisotopic (exact) mass is 483 g/mol. The van der Waals surface area contributed by atoms with E-state index in [1.54, 1.807) is 48.5 Å². The van der Waals surface area contributed by atoms with E-state index >= 15 is 0 Å². The molecule has 0 radical (unpaired) electrons. The summed E-state index contributed by atoms with van der Waals surface area (Å²) in [7, 11) is 1.29. The summed E-state index contributed by atoms with van der Waals surface area (Å²) in [6, 6.07) is 17.4. The van der Waals surface area contributed by atoms with Gasteiger partial charge in [-0.2, -0.15) is 0 Å². The number of nitrogens with one attached hydrogen (secondary N) is 1. The van der Waals surface area contributed by atoms with Gasteiger partial charge in [-0.05, 0) is 48.9 Å². The van der Waals surface area contributed by atoms with Crippen molar-refractivity contribution in [2.75, 3.05) is 12.4 Å². The Kier molecular flexibility index (Phi) is 6.87. The molecule has 180 valence electrons. The molecule has 0 aliphatic heterocycles. The van der Waals surface area contributed by atoms with Gasteiger partial charge in [0.05, 0.1) is 12.7 Å². The highest BCUT2D eigenvalue weighted by atomic mass is 16.5. The van der Waals surface area contributed by atoms with Gasteiger partial charge in [0, 0.05) is 34.0 Å². The van der Waals surface area contributed by atoms with Gasteiger partial charge < -0.3 is 14.8 Å². The molecule has 1 atom stereocenters. The largest absolute Gasteiger partial charge is 0.465 e. The highest BCUT2D eigenvalue weighted by Crippen LogP contribution is 2.29. The smallest absolute Gasteiger partial charge is 0.337 e. The molecule has 36 heavy (non-hydrogen) atoms. The van der Waals surface area contributed by atoms with E-state index in [1.165, 1.54) is 38.3 Å². The summed E-state index contributed by atoms with van der Waals surface area (Å²) in [6.07, 6.45) is 1.52. The zero-order chi connectivity index (χ0) is 25.8. The number of anilines is 1. The predicted octanol–water partition coefficient (Wildman–Crippen LogP) is 3.83. The Balaban J connectivity index is 1.38. The fourth-order valence-corrected chi connectivity index (χ4v) is 3.70. The lowest BCUT2D eigenvalue weighted by atomic mass is 9.84. The number of hydrogen-bond acceptors (Lipinski definition) is 7. The number of benzene rings is 3. The number of esters is 2. The normalized spacial score (nSPS) is 12.9. The van der Waals surface area contributed by atoms with Crippen LogP contribution in [-0.4, -0.2) is 42.6 Å². The predicted molar refractivity (Wildman–Crippen MR) is 131 cm³/mol. The van der Waals surface area contributed by atoms with E-state index in [0.29, 0.717) is 27.9 Å². The van der Waals surface area contributed by atoms with Gasteiger partial charge in [0.1, 0.15) is 0 Å². The van der Waals surface area contributed by atoms with E-state index in [-0.39, 0.29) is 22.7 Å². The Bertz CT molecular complexity index is 1420. The molecule has 0 fully saturated rings. The van der Waals surface area contributed by atoms with Crippen LogP contribution in [0.2, 0.25) is 0 Å².